The van der Waals surface area contributed by atoms with Crippen molar-refractivity contribution in [3.8, 4) is 0 Å². The van der Waals surface area contributed by atoms with Gasteiger partial charge in [-0.2, -0.15) is 11.3 Å². The molecule has 2 aromatic rings. The Morgan fingerprint density at radius 3 is 2.60 bits per heavy atom. The number of unbranched alkanes of at least 4 members (excludes halogenated alkanes) is 1. The molecule has 1 heterocycles. The minimum Gasteiger partial charge on any atom is -0.387 e. The van der Waals surface area contributed by atoms with E-state index in [-0.39, 0.29) is 0 Å². The molecule has 0 aliphatic carbocycles. The first kappa shape index (κ1) is 15.2. The molecule has 20 heavy (non-hydrogen) atoms. The number of nitrogens with one attached hydrogen (secondary N) is 1. The van der Waals surface area contributed by atoms with Crippen molar-refractivity contribution < 1.29 is 5.11 Å². The Balaban J connectivity index is 1.94. The molecule has 2 atom stereocenters. The lowest BCUT2D eigenvalue weighted by Gasteiger charge is -2.21. The second kappa shape index (κ2) is 8.20. The molecule has 2 unspecified atom stereocenters. The Hall–Kier alpha value is -1.16. The van der Waals surface area contributed by atoms with E-state index in [4.69, 9.17) is 0 Å². The van der Waals surface area contributed by atoms with E-state index in [0.717, 1.165) is 12.0 Å². The summed E-state index contributed by atoms with van der Waals surface area (Å²) in [6.07, 6.45) is 3.07. The molecule has 0 saturated heterocycles. The van der Waals surface area contributed by atoms with Gasteiger partial charge in [-0.25, -0.2) is 0 Å². The highest BCUT2D eigenvalue weighted by Gasteiger charge is 2.13. The van der Waals surface area contributed by atoms with Crippen molar-refractivity contribution in [1.29, 1.82) is 0 Å². The molecule has 0 radical (unpaired) electrons. The van der Waals surface area contributed by atoms with Crippen LogP contribution in [0.25, 0.3) is 0 Å². The van der Waals surface area contributed by atoms with E-state index in [9.17, 15) is 5.11 Å². The molecule has 0 spiro atoms. The summed E-state index contributed by atoms with van der Waals surface area (Å²) in [6.45, 7) is 2.81. The summed E-state index contributed by atoms with van der Waals surface area (Å²) < 4.78 is 0. The highest BCUT2D eigenvalue weighted by molar-refractivity contribution is 7.07. The molecule has 3 heteroatoms. The number of benzene rings is 1. The average molecular weight is 289 g/mol. The van der Waals surface area contributed by atoms with Gasteiger partial charge in [-0.3, -0.25) is 0 Å². The van der Waals surface area contributed by atoms with E-state index in [2.05, 4.69) is 36.5 Å². The van der Waals surface area contributed by atoms with E-state index < -0.39 is 6.10 Å². The van der Waals surface area contributed by atoms with E-state index in [1.807, 2.05) is 22.9 Å². The van der Waals surface area contributed by atoms with Crippen LogP contribution in [-0.4, -0.2) is 11.7 Å². The maximum absolute atomic E-state index is 10.2. The van der Waals surface area contributed by atoms with Crippen molar-refractivity contribution in [2.45, 2.75) is 38.3 Å². The number of rotatable bonds is 8. The van der Waals surface area contributed by atoms with Crippen LogP contribution in [0.1, 0.15) is 49.5 Å². The Morgan fingerprint density at radius 1 is 1.15 bits per heavy atom. The summed E-state index contributed by atoms with van der Waals surface area (Å²) in [5.41, 5.74) is 2.31. The molecule has 2 N–H and O–H groups in total. The van der Waals surface area contributed by atoms with E-state index in [1.165, 1.54) is 18.4 Å². The zero-order valence-electron chi connectivity index (χ0n) is 12.0. The lowest BCUT2D eigenvalue weighted by atomic mass is 10.0. The Labute approximate surface area is 125 Å². The highest BCUT2D eigenvalue weighted by atomic mass is 32.1. The van der Waals surface area contributed by atoms with E-state index >= 15 is 0 Å². The Morgan fingerprint density at radius 2 is 1.95 bits per heavy atom. The molecular formula is C17H23NOS. The number of aliphatic hydroxyl groups excluding tert-OH is 1. The summed E-state index contributed by atoms with van der Waals surface area (Å²) >= 11 is 1.62. The van der Waals surface area contributed by atoms with Crippen molar-refractivity contribution in [2.24, 2.45) is 0 Å². The molecule has 2 nitrogen and oxygen atoms in total. The van der Waals surface area contributed by atoms with Gasteiger partial charge >= 0.3 is 0 Å². The Kier molecular flexibility index (Phi) is 6.25. The number of hydrogen-bond donors (Lipinski definition) is 2. The first-order valence-electron chi connectivity index (χ1n) is 7.29. The fraction of sp³-hybridized carbons (Fsp3) is 0.412. The van der Waals surface area contributed by atoms with Crippen LogP contribution < -0.4 is 5.32 Å². The normalized spacial score (nSPS) is 14.1. The third kappa shape index (κ3) is 4.44. The topological polar surface area (TPSA) is 32.3 Å². The first-order valence-corrected chi connectivity index (χ1v) is 8.24. The van der Waals surface area contributed by atoms with Crippen LogP contribution in [-0.2, 0) is 0 Å². The second-order valence-electron chi connectivity index (χ2n) is 5.09. The Bertz CT molecular complexity index is 469. The average Bonchev–Trinajstić information content (AvgIpc) is 3.02. The van der Waals surface area contributed by atoms with E-state index in [1.54, 1.807) is 11.3 Å². The van der Waals surface area contributed by atoms with Gasteiger partial charge in [-0.05, 0) is 34.4 Å². The molecule has 0 aliphatic heterocycles. The third-order valence-electron chi connectivity index (χ3n) is 3.53. The molecule has 2 rings (SSSR count). The van der Waals surface area contributed by atoms with Gasteiger partial charge in [0.05, 0.1) is 6.10 Å². The van der Waals surface area contributed by atoms with Crippen LogP contribution in [0.2, 0.25) is 0 Å². The van der Waals surface area contributed by atoms with Crippen LogP contribution in [0, 0.1) is 0 Å². The van der Waals surface area contributed by atoms with Crippen molar-refractivity contribution in [3.05, 3.63) is 58.3 Å². The van der Waals surface area contributed by atoms with E-state index in [0.29, 0.717) is 12.6 Å². The highest BCUT2D eigenvalue weighted by Crippen LogP contribution is 2.21. The van der Waals surface area contributed by atoms with Gasteiger partial charge in [0, 0.05) is 12.6 Å². The summed E-state index contributed by atoms with van der Waals surface area (Å²) in [7, 11) is 0. The summed E-state index contributed by atoms with van der Waals surface area (Å²) in [4.78, 5) is 0. The standard InChI is InChI=1S/C17H23NOS/c1-2-3-9-16(14-7-5-4-6-8-14)18-12-17(19)15-10-11-20-13-15/h4-8,10-11,13,16-19H,2-3,9,12H2,1H3. The van der Waals surface area contributed by atoms with Crippen LogP contribution >= 0.6 is 11.3 Å². The SMILES string of the molecule is CCCCC(NCC(O)c1ccsc1)c1ccccc1. The van der Waals surface area contributed by atoms with Gasteiger partial charge in [0.1, 0.15) is 0 Å². The fourth-order valence-corrected chi connectivity index (χ4v) is 3.02. The van der Waals surface area contributed by atoms with Gasteiger partial charge in [-0.1, -0.05) is 50.1 Å². The summed E-state index contributed by atoms with van der Waals surface area (Å²) in [5, 5.41) is 17.7. The minimum atomic E-state index is -0.422. The zero-order chi connectivity index (χ0) is 14.2. The lowest BCUT2D eigenvalue weighted by molar-refractivity contribution is 0.169. The molecule has 0 aliphatic rings. The van der Waals surface area contributed by atoms with Crippen molar-refractivity contribution >= 4 is 11.3 Å². The van der Waals surface area contributed by atoms with Crippen molar-refractivity contribution in [3.63, 3.8) is 0 Å². The monoisotopic (exact) mass is 289 g/mol. The maximum atomic E-state index is 10.2. The zero-order valence-corrected chi connectivity index (χ0v) is 12.8. The molecule has 0 fully saturated rings. The van der Waals surface area contributed by atoms with Crippen LogP contribution in [0.5, 0.6) is 0 Å². The summed E-state index contributed by atoms with van der Waals surface area (Å²) in [6, 6.07) is 12.8. The quantitative estimate of drug-likeness (QED) is 0.759. The fourth-order valence-electron chi connectivity index (χ4n) is 2.32. The van der Waals surface area contributed by atoms with Crippen molar-refractivity contribution in [2.75, 3.05) is 6.54 Å². The first-order chi connectivity index (χ1) is 9.81. The predicted molar refractivity (Wildman–Crippen MR) is 86.0 cm³/mol. The summed E-state index contributed by atoms with van der Waals surface area (Å²) in [5.74, 6) is 0. The number of thiophene rings is 1. The van der Waals surface area contributed by atoms with Gasteiger partial charge in [-0.15, -0.1) is 0 Å². The third-order valence-corrected chi connectivity index (χ3v) is 4.24. The maximum Gasteiger partial charge on any atom is 0.0922 e. The largest absolute Gasteiger partial charge is 0.387 e. The van der Waals surface area contributed by atoms with Crippen LogP contribution in [0.4, 0.5) is 0 Å². The number of hydrogen-bond acceptors (Lipinski definition) is 3. The van der Waals surface area contributed by atoms with Gasteiger partial charge < -0.3 is 10.4 Å². The number of aliphatic hydroxyl groups is 1. The molecule has 1 aromatic carbocycles. The second-order valence-corrected chi connectivity index (χ2v) is 5.87. The smallest absolute Gasteiger partial charge is 0.0922 e. The minimum absolute atomic E-state index is 0.324. The molecule has 0 bridgehead atoms. The van der Waals surface area contributed by atoms with Crippen LogP contribution in [0.3, 0.4) is 0 Å². The molecule has 108 valence electrons. The van der Waals surface area contributed by atoms with Gasteiger partial charge in [0.25, 0.3) is 0 Å². The molecule has 1 aromatic heterocycles. The molecule has 0 amide bonds. The molecular weight excluding hydrogens is 266 g/mol. The predicted octanol–water partition coefficient (Wildman–Crippen LogP) is 4.30. The molecule has 0 saturated carbocycles. The lowest BCUT2D eigenvalue weighted by Crippen LogP contribution is -2.26. The van der Waals surface area contributed by atoms with Gasteiger partial charge in [0.15, 0.2) is 0 Å². The van der Waals surface area contributed by atoms with Crippen molar-refractivity contribution in [1.82, 2.24) is 5.32 Å². The van der Waals surface area contributed by atoms with Crippen LogP contribution in [0.15, 0.2) is 47.2 Å². The van der Waals surface area contributed by atoms with Gasteiger partial charge in [0.2, 0.25) is 0 Å².